The number of rotatable bonds is 22. The Morgan fingerprint density at radius 1 is 0.703 bits per heavy atom. The summed E-state index contributed by atoms with van der Waals surface area (Å²) in [5, 5.41) is 36.5. The first-order valence-corrected chi connectivity index (χ1v) is 12.0. The molecular formula is C22H38N4O11. The molecular weight excluding hydrogens is 496 g/mol. The summed E-state index contributed by atoms with van der Waals surface area (Å²) in [6.07, 6.45) is 1.19. The molecule has 2 atom stereocenters. The van der Waals surface area contributed by atoms with Gasteiger partial charge in [-0.25, -0.2) is 14.4 Å². The summed E-state index contributed by atoms with van der Waals surface area (Å²) in [6, 6.07) is -3.82. The number of ether oxygens (including phenoxy) is 2. The van der Waals surface area contributed by atoms with Gasteiger partial charge >= 0.3 is 23.9 Å². The van der Waals surface area contributed by atoms with Crippen LogP contribution in [0.5, 0.6) is 0 Å². The third kappa shape index (κ3) is 19.4. The molecule has 7 N–H and O–H groups in total. The van der Waals surface area contributed by atoms with E-state index in [9.17, 15) is 33.9 Å². The Balaban J connectivity index is 3.99. The van der Waals surface area contributed by atoms with Gasteiger partial charge in [0.25, 0.3) is 0 Å². The number of hydrogen-bond donors (Lipinski definition) is 7. The molecule has 0 aromatic carbocycles. The highest BCUT2D eigenvalue weighted by atomic mass is 16.5. The molecule has 15 nitrogen and oxygen atoms in total. The summed E-state index contributed by atoms with van der Waals surface area (Å²) in [6.45, 7) is 3.19. The number of urea groups is 1. The molecule has 0 spiro atoms. The van der Waals surface area contributed by atoms with Gasteiger partial charge in [0.2, 0.25) is 11.8 Å². The molecule has 0 rings (SSSR count). The fraction of sp³-hybridized carbons (Fsp3) is 0.727. The number of hydrogen-bond acceptors (Lipinski definition) is 8. The van der Waals surface area contributed by atoms with Crippen LogP contribution in [-0.4, -0.2) is 103 Å². The largest absolute Gasteiger partial charge is 0.481 e. The number of amides is 4. The van der Waals surface area contributed by atoms with Crippen molar-refractivity contribution in [3.05, 3.63) is 0 Å². The van der Waals surface area contributed by atoms with Gasteiger partial charge in [-0.05, 0) is 32.1 Å². The molecule has 0 bridgehead atoms. The van der Waals surface area contributed by atoms with Crippen molar-refractivity contribution >= 4 is 35.8 Å². The van der Waals surface area contributed by atoms with E-state index in [0.29, 0.717) is 32.4 Å². The summed E-state index contributed by atoms with van der Waals surface area (Å²) >= 11 is 0. The van der Waals surface area contributed by atoms with Gasteiger partial charge in [-0.1, -0.05) is 6.92 Å². The van der Waals surface area contributed by atoms with Crippen molar-refractivity contribution in [1.82, 2.24) is 21.3 Å². The molecule has 0 radical (unpaired) electrons. The summed E-state index contributed by atoms with van der Waals surface area (Å²) in [7, 11) is 0. The van der Waals surface area contributed by atoms with Gasteiger partial charge < -0.3 is 46.1 Å². The highest BCUT2D eigenvalue weighted by Crippen LogP contribution is 2.03. The molecule has 212 valence electrons. The number of unbranched alkanes of at least 4 members (excludes halogenated alkanes) is 1. The molecule has 0 aromatic heterocycles. The lowest BCUT2D eigenvalue weighted by Gasteiger charge is -2.18. The zero-order valence-corrected chi connectivity index (χ0v) is 21.0. The highest BCUT2D eigenvalue weighted by molar-refractivity contribution is 5.86. The number of carboxylic acid groups (broad SMARTS) is 3. The molecule has 0 aliphatic carbocycles. The average molecular weight is 535 g/mol. The van der Waals surface area contributed by atoms with Gasteiger partial charge in [-0.2, -0.15) is 0 Å². The van der Waals surface area contributed by atoms with E-state index in [2.05, 4.69) is 16.0 Å². The number of aliphatic carboxylic acids is 3. The summed E-state index contributed by atoms with van der Waals surface area (Å²) in [5.41, 5.74) is 0. The van der Waals surface area contributed by atoms with Crippen LogP contribution in [0.15, 0.2) is 0 Å². The Morgan fingerprint density at radius 3 is 1.89 bits per heavy atom. The molecule has 0 aliphatic rings. The molecule has 37 heavy (non-hydrogen) atoms. The second-order valence-corrected chi connectivity index (χ2v) is 7.94. The lowest BCUT2D eigenvalue weighted by atomic mass is 10.1. The lowest BCUT2D eigenvalue weighted by molar-refractivity contribution is -0.141. The quantitative estimate of drug-likeness (QED) is 0.0858. The van der Waals surface area contributed by atoms with Crippen LogP contribution in [0.4, 0.5) is 4.79 Å². The summed E-state index contributed by atoms with van der Waals surface area (Å²) in [5.74, 6) is -4.39. The Kier molecular flexibility index (Phi) is 18.8. The zero-order chi connectivity index (χ0) is 28.1. The second-order valence-electron chi connectivity index (χ2n) is 7.94. The molecule has 0 saturated heterocycles. The Labute approximate surface area is 214 Å². The maximum absolute atomic E-state index is 12.0. The van der Waals surface area contributed by atoms with E-state index in [1.165, 1.54) is 0 Å². The predicted octanol–water partition coefficient (Wildman–Crippen LogP) is -0.707. The van der Waals surface area contributed by atoms with Crippen molar-refractivity contribution in [2.45, 2.75) is 64.0 Å². The van der Waals surface area contributed by atoms with Crippen LogP contribution < -0.4 is 21.3 Å². The van der Waals surface area contributed by atoms with E-state index < -0.39 is 42.4 Å². The van der Waals surface area contributed by atoms with Crippen molar-refractivity contribution in [2.24, 2.45) is 0 Å². The Bertz CT molecular complexity index is 748. The van der Waals surface area contributed by atoms with Gasteiger partial charge in [0.1, 0.15) is 18.7 Å². The predicted molar refractivity (Wildman–Crippen MR) is 128 cm³/mol. The van der Waals surface area contributed by atoms with Crippen LogP contribution in [0.25, 0.3) is 0 Å². The molecule has 0 aromatic rings. The normalized spacial score (nSPS) is 12.1. The molecule has 0 aliphatic heterocycles. The van der Waals surface area contributed by atoms with E-state index in [-0.39, 0.29) is 51.0 Å². The van der Waals surface area contributed by atoms with E-state index in [4.69, 9.17) is 19.7 Å². The van der Waals surface area contributed by atoms with Crippen LogP contribution in [0.3, 0.4) is 0 Å². The van der Waals surface area contributed by atoms with Crippen molar-refractivity contribution in [3.8, 4) is 0 Å². The van der Waals surface area contributed by atoms with Crippen LogP contribution in [0.2, 0.25) is 0 Å². The summed E-state index contributed by atoms with van der Waals surface area (Å²) in [4.78, 5) is 68.1. The molecule has 0 heterocycles. The van der Waals surface area contributed by atoms with Gasteiger partial charge in [0, 0.05) is 25.9 Å². The minimum absolute atomic E-state index is 0.0260. The molecule has 4 amide bonds. The van der Waals surface area contributed by atoms with Crippen molar-refractivity contribution in [3.63, 3.8) is 0 Å². The number of carboxylic acids is 3. The third-order valence-electron chi connectivity index (χ3n) is 4.75. The SMILES string of the molecule is CCCC(=O)NCCOCCOCC(=O)NCCCC[C@H](NC(=O)N[C@@H](CCC(=O)O)C(=O)O)C(=O)O. The van der Waals surface area contributed by atoms with Gasteiger partial charge in [-0.15, -0.1) is 0 Å². The maximum atomic E-state index is 12.0. The maximum Gasteiger partial charge on any atom is 0.326 e. The van der Waals surface area contributed by atoms with Crippen LogP contribution >= 0.6 is 0 Å². The van der Waals surface area contributed by atoms with E-state index in [0.717, 1.165) is 6.42 Å². The number of carbonyl (C=O) groups excluding carboxylic acids is 3. The van der Waals surface area contributed by atoms with Gasteiger partial charge in [-0.3, -0.25) is 14.4 Å². The van der Waals surface area contributed by atoms with Crippen LogP contribution in [-0.2, 0) is 33.4 Å². The Hall–Kier alpha value is -3.46. The van der Waals surface area contributed by atoms with Crippen molar-refractivity contribution < 1.29 is 53.6 Å². The zero-order valence-electron chi connectivity index (χ0n) is 21.0. The van der Waals surface area contributed by atoms with Crippen LogP contribution in [0.1, 0.15) is 51.9 Å². The molecule has 0 saturated carbocycles. The topological polar surface area (TPSA) is 230 Å². The van der Waals surface area contributed by atoms with Crippen molar-refractivity contribution in [1.29, 1.82) is 0 Å². The molecule has 0 unspecified atom stereocenters. The monoisotopic (exact) mass is 534 g/mol. The third-order valence-corrected chi connectivity index (χ3v) is 4.75. The van der Waals surface area contributed by atoms with E-state index in [1.54, 1.807) is 0 Å². The average Bonchev–Trinajstić information content (AvgIpc) is 2.82. The molecule has 15 heteroatoms. The minimum atomic E-state index is -1.48. The number of nitrogens with one attached hydrogen (secondary N) is 4. The Morgan fingerprint density at radius 2 is 1.30 bits per heavy atom. The van der Waals surface area contributed by atoms with E-state index >= 15 is 0 Å². The second kappa shape index (κ2) is 20.7. The standard InChI is InChI=1S/C22H38N4O11/c1-2-5-17(27)24-10-11-36-12-13-37-14-18(28)23-9-4-3-6-15(20(31)32)25-22(35)26-16(21(33)34)7-8-19(29)30/h15-16H,2-14H2,1H3,(H,23,28)(H,24,27)(H,29,30)(H,31,32)(H,33,34)(H2,25,26,35)/t15-,16-/m0/s1. The molecule has 0 fully saturated rings. The van der Waals surface area contributed by atoms with Crippen LogP contribution in [0, 0.1) is 0 Å². The number of carbonyl (C=O) groups is 6. The van der Waals surface area contributed by atoms with E-state index in [1.807, 2.05) is 12.2 Å². The smallest absolute Gasteiger partial charge is 0.326 e. The van der Waals surface area contributed by atoms with Gasteiger partial charge in [0.05, 0.1) is 19.8 Å². The first-order valence-electron chi connectivity index (χ1n) is 12.0. The first-order chi connectivity index (χ1) is 17.6. The van der Waals surface area contributed by atoms with Gasteiger partial charge in [0.15, 0.2) is 0 Å². The summed E-state index contributed by atoms with van der Waals surface area (Å²) < 4.78 is 10.5. The fourth-order valence-corrected chi connectivity index (χ4v) is 2.86. The fourth-order valence-electron chi connectivity index (χ4n) is 2.86. The highest BCUT2D eigenvalue weighted by Gasteiger charge is 2.24. The van der Waals surface area contributed by atoms with Crippen molar-refractivity contribution in [2.75, 3.05) is 39.5 Å². The lowest BCUT2D eigenvalue weighted by Crippen LogP contribution is -2.51. The minimum Gasteiger partial charge on any atom is -0.481 e. The first kappa shape index (κ1) is 33.5.